The Morgan fingerprint density at radius 3 is 2.82 bits per heavy atom. The van der Waals surface area contributed by atoms with Gasteiger partial charge in [-0.2, -0.15) is 0 Å². The third-order valence-electron chi connectivity index (χ3n) is 4.97. The van der Waals surface area contributed by atoms with Gasteiger partial charge in [0.1, 0.15) is 0 Å². The molecule has 4 heteroatoms. The highest BCUT2D eigenvalue weighted by atomic mass is 16.3. The minimum absolute atomic E-state index is 0.0571. The van der Waals surface area contributed by atoms with Gasteiger partial charge in [0.25, 0.3) is 0 Å². The van der Waals surface area contributed by atoms with Crippen molar-refractivity contribution in [3.8, 4) is 0 Å². The second-order valence-corrected chi connectivity index (χ2v) is 5.94. The van der Waals surface area contributed by atoms with E-state index < -0.39 is 0 Å². The van der Waals surface area contributed by atoms with E-state index in [1.807, 2.05) is 4.90 Å². The van der Waals surface area contributed by atoms with Gasteiger partial charge < -0.3 is 15.3 Å². The lowest BCUT2D eigenvalue weighted by atomic mass is 9.88. The van der Waals surface area contributed by atoms with Gasteiger partial charge in [0.15, 0.2) is 0 Å². The molecule has 1 amide bonds. The first-order chi connectivity index (χ1) is 8.20. The molecular weight excluding hydrogens is 216 g/mol. The number of hydrogen-bond acceptors (Lipinski definition) is 3. The molecule has 4 nitrogen and oxygen atoms in total. The molecule has 3 rings (SSSR count). The van der Waals surface area contributed by atoms with Gasteiger partial charge in [-0.1, -0.05) is 6.92 Å². The lowest BCUT2D eigenvalue weighted by molar-refractivity contribution is -0.138. The maximum absolute atomic E-state index is 12.5. The predicted molar refractivity (Wildman–Crippen MR) is 64.4 cm³/mol. The van der Waals surface area contributed by atoms with Gasteiger partial charge >= 0.3 is 0 Å². The summed E-state index contributed by atoms with van der Waals surface area (Å²) in [7, 11) is 0. The van der Waals surface area contributed by atoms with E-state index in [9.17, 15) is 9.90 Å². The van der Waals surface area contributed by atoms with Crippen molar-refractivity contribution in [3.63, 3.8) is 0 Å². The van der Waals surface area contributed by atoms with Crippen LogP contribution in [0.4, 0.5) is 0 Å². The van der Waals surface area contributed by atoms with E-state index in [1.165, 1.54) is 6.42 Å². The Kier molecular flexibility index (Phi) is 2.87. The fraction of sp³-hybridized carbons (Fsp3) is 0.923. The van der Waals surface area contributed by atoms with Crippen LogP contribution in [0.3, 0.4) is 0 Å². The zero-order valence-corrected chi connectivity index (χ0v) is 10.4. The van der Waals surface area contributed by atoms with Crippen LogP contribution in [0.15, 0.2) is 0 Å². The summed E-state index contributed by atoms with van der Waals surface area (Å²) in [6.07, 6.45) is 4.42. The molecule has 0 aromatic heterocycles. The Balaban J connectivity index is 1.70. The normalized spacial score (nSPS) is 44.6. The zero-order chi connectivity index (χ0) is 12.0. The van der Waals surface area contributed by atoms with Gasteiger partial charge in [-0.15, -0.1) is 0 Å². The molecule has 0 spiro atoms. The van der Waals surface area contributed by atoms with E-state index >= 15 is 0 Å². The van der Waals surface area contributed by atoms with E-state index in [2.05, 4.69) is 12.2 Å². The standard InChI is InChI=1S/C13H22N2O2/c1-8-4-5-15(12(8)7-16)13(17)10-6-9-2-3-11(10)14-9/h8-12,14,16H,2-7H2,1H3. The second kappa shape index (κ2) is 4.25. The molecule has 3 aliphatic rings. The summed E-state index contributed by atoms with van der Waals surface area (Å²) in [4.78, 5) is 14.5. The summed E-state index contributed by atoms with van der Waals surface area (Å²) in [5.74, 6) is 0.900. The van der Waals surface area contributed by atoms with Gasteiger partial charge in [0.05, 0.1) is 18.6 Å². The van der Waals surface area contributed by atoms with Gasteiger partial charge in [0, 0.05) is 18.6 Å². The molecule has 2 N–H and O–H groups in total. The fourth-order valence-corrected chi connectivity index (χ4v) is 3.87. The molecule has 5 unspecified atom stereocenters. The third-order valence-corrected chi connectivity index (χ3v) is 4.97. The molecule has 17 heavy (non-hydrogen) atoms. The van der Waals surface area contributed by atoms with Gasteiger partial charge in [0.2, 0.25) is 5.91 Å². The predicted octanol–water partition coefficient (Wildman–Crippen LogP) is 0.356. The highest BCUT2D eigenvalue weighted by Gasteiger charge is 2.46. The Bertz CT molecular complexity index is 321. The monoisotopic (exact) mass is 238 g/mol. The average Bonchev–Trinajstić information content (AvgIpc) is 3.01. The smallest absolute Gasteiger partial charge is 0.227 e. The number of likely N-dealkylation sites (tertiary alicyclic amines) is 1. The minimum atomic E-state index is 0.0571. The largest absolute Gasteiger partial charge is 0.394 e. The Hall–Kier alpha value is -0.610. The summed E-state index contributed by atoms with van der Waals surface area (Å²) in [6, 6.07) is 1.03. The molecule has 5 atom stereocenters. The molecule has 3 saturated heterocycles. The number of nitrogens with one attached hydrogen (secondary N) is 1. The SMILES string of the molecule is CC1CCN(C(=O)C2CC3CCC2N3)C1CO. The third kappa shape index (κ3) is 1.78. The number of amides is 1. The first kappa shape index (κ1) is 11.5. The van der Waals surface area contributed by atoms with E-state index in [1.54, 1.807) is 0 Å². The average molecular weight is 238 g/mol. The number of carbonyl (C=O) groups excluding carboxylic acids is 1. The van der Waals surface area contributed by atoms with Crippen LogP contribution in [0, 0.1) is 11.8 Å². The van der Waals surface area contributed by atoms with Crippen LogP contribution in [0.1, 0.15) is 32.6 Å². The number of nitrogens with zero attached hydrogens (tertiary/aromatic N) is 1. The molecule has 3 fully saturated rings. The molecule has 0 radical (unpaired) electrons. The number of aliphatic hydroxyl groups is 1. The van der Waals surface area contributed by atoms with E-state index in [4.69, 9.17) is 0 Å². The van der Waals surface area contributed by atoms with Crippen molar-refractivity contribution in [1.82, 2.24) is 10.2 Å². The van der Waals surface area contributed by atoms with Crippen molar-refractivity contribution in [3.05, 3.63) is 0 Å². The quantitative estimate of drug-likeness (QED) is 0.730. The van der Waals surface area contributed by atoms with Gasteiger partial charge in [-0.25, -0.2) is 0 Å². The fourth-order valence-electron chi connectivity index (χ4n) is 3.87. The Morgan fingerprint density at radius 1 is 1.41 bits per heavy atom. The Morgan fingerprint density at radius 2 is 2.24 bits per heavy atom. The summed E-state index contributed by atoms with van der Waals surface area (Å²) in [5.41, 5.74) is 0. The molecule has 3 aliphatic heterocycles. The van der Waals surface area contributed by atoms with Crippen LogP contribution in [0.5, 0.6) is 0 Å². The van der Waals surface area contributed by atoms with Crippen molar-refractivity contribution in [1.29, 1.82) is 0 Å². The number of carbonyl (C=O) groups is 1. The molecule has 3 heterocycles. The van der Waals surface area contributed by atoms with Crippen molar-refractivity contribution in [2.75, 3.05) is 13.2 Å². The van der Waals surface area contributed by atoms with E-state index in [0.717, 1.165) is 25.8 Å². The maximum atomic E-state index is 12.5. The Labute approximate surface area is 102 Å². The molecule has 2 bridgehead atoms. The molecule has 0 aromatic carbocycles. The molecule has 0 saturated carbocycles. The number of aliphatic hydroxyl groups excluding tert-OH is 1. The molecule has 0 aliphatic carbocycles. The lowest BCUT2D eigenvalue weighted by Crippen LogP contribution is -2.45. The number of hydrogen-bond donors (Lipinski definition) is 2. The van der Waals surface area contributed by atoms with Crippen LogP contribution in [0.25, 0.3) is 0 Å². The first-order valence-electron chi connectivity index (χ1n) is 6.88. The topological polar surface area (TPSA) is 52.6 Å². The molecular formula is C13H22N2O2. The van der Waals surface area contributed by atoms with Crippen LogP contribution >= 0.6 is 0 Å². The van der Waals surface area contributed by atoms with E-state index in [0.29, 0.717) is 18.0 Å². The highest BCUT2D eigenvalue weighted by molar-refractivity contribution is 5.81. The number of rotatable bonds is 2. The van der Waals surface area contributed by atoms with Crippen LogP contribution < -0.4 is 5.32 Å². The van der Waals surface area contributed by atoms with Crippen LogP contribution in [0.2, 0.25) is 0 Å². The van der Waals surface area contributed by atoms with Crippen molar-refractivity contribution in [2.24, 2.45) is 11.8 Å². The van der Waals surface area contributed by atoms with Crippen LogP contribution in [-0.2, 0) is 4.79 Å². The summed E-state index contributed by atoms with van der Waals surface area (Å²) < 4.78 is 0. The summed E-state index contributed by atoms with van der Waals surface area (Å²) >= 11 is 0. The highest BCUT2D eigenvalue weighted by Crippen LogP contribution is 2.36. The van der Waals surface area contributed by atoms with E-state index in [-0.39, 0.29) is 24.5 Å². The van der Waals surface area contributed by atoms with Crippen LogP contribution in [-0.4, -0.2) is 47.2 Å². The summed E-state index contributed by atoms with van der Waals surface area (Å²) in [5, 5.41) is 12.9. The first-order valence-corrected chi connectivity index (χ1v) is 6.88. The van der Waals surface area contributed by atoms with Crippen molar-refractivity contribution in [2.45, 2.75) is 50.7 Å². The summed E-state index contributed by atoms with van der Waals surface area (Å²) in [6.45, 7) is 3.08. The second-order valence-electron chi connectivity index (χ2n) is 5.94. The number of fused-ring (bicyclic) bond motifs is 2. The lowest BCUT2D eigenvalue weighted by Gasteiger charge is -2.30. The van der Waals surface area contributed by atoms with Gasteiger partial charge in [-0.05, 0) is 31.6 Å². The maximum Gasteiger partial charge on any atom is 0.227 e. The molecule has 0 aromatic rings. The van der Waals surface area contributed by atoms with Gasteiger partial charge in [-0.3, -0.25) is 4.79 Å². The zero-order valence-electron chi connectivity index (χ0n) is 10.4. The van der Waals surface area contributed by atoms with Crippen molar-refractivity contribution >= 4 is 5.91 Å². The minimum Gasteiger partial charge on any atom is -0.394 e. The molecule has 96 valence electrons. The van der Waals surface area contributed by atoms with Crippen molar-refractivity contribution < 1.29 is 9.90 Å².